The Hall–Kier alpha value is -1.55. The molecular formula is C25H30ClF3N2O2S. The van der Waals surface area contributed by atoms with E-state index in [1.54, 1.807) is 6.07 Å². The van der Waals surface area contributed by atoms with Gasteiger partial charge in [0.2, 0.25) is 0 Å². The number of ether oxygens (including phenoxy) is 1. The molecule has 4 rings (SSSR count). The lowest BCUT2D eigenvalue weighted by Crippen LogP contribution is -2.47. The van der Waals surface area contributed by atoms with Gasteiger partial charge in [-0.2, -0.15) is 13.2 Å². The van der Waals surface area contributed by atoms with Gasteiger partial charge in [-0.3, -0.25) is 4.90 Å². The fourth-order valence-corrected chi connectivity index (χ4v) is 5.34. The van der Waals surface area contributed by atoms with Crippen molar-refractivity contribution in [3.05, 3.63) is 65.2 Å². The van der Waals surface area contributed by atoms with Crippen molar-refractivity contribution in [2.75, 3.05) is 59.1 Å². The zero-order valence-electron chi connectivity index (χ0n) is 18.9. The van der Waals surface area contributed by atoms with Crippen LogP contribution in [-0.4, -0.2) is 74.0 Å². The van der Waals surface area contributed by atoms with Crippen LogP contribution in [0.1, 0.15) is 23.1 Å². The summed E-state index contributed by atoms with van der Waals surface area (Å²) in [6, 6.07) is 12.0. The van der Waals surface area contributed by atoms with E-state index in [-0.39, 0.29) is 19.0 Å². The second-order valence-electron chi connectivity index (χ2n) is 8.23. The van der Waals surface area contributed by atoms with E-state index in [0.717, 1.165) is 66.6 Å². The van der Waals surface area contributed by atoms with Crippen LogP contribution in [0.2, 0.25) is 0 Å². The van der Waals surface area contributed by atoms with E-state index < -0.39 is 11.7 Å². The maximum Gasteiger partial charge on any atom is 0.416 e. The molecule has 0 spiro atoms. The summed E-state index contributed by atoms with van der Waals surface area (Å²) in [7, 11) is 0. The molecule has 0 atom stereocenters. The first-order valence-corrected chi connectivity index (χ1v) is 12.1. The fourth-order valence-electron chi connectivity index (χ4n) is 4.26. The van der Waals surface area contributed by atoms with Gasteiger partial charge in [0, 0.05) is 49.1 Å². The Morgan fingerprint density at radius 3 is 2.29 bits per heavy atom. The van der Waals surface area contributed by atoms with E-state index in [9.17, 15) is 13.2 Å². The highest BCUT2D eigenvalue weighted by Gasteiger charge is 2.32. The molecule has 34 heavy (non-hydrogen) atoms. The van der Waals surface area contributed by atoms with Crippen molar-refractivity contribution >= 4 is 29.7 Å². The Labute approximate surface area is 209 Å². The lowest BCUT2D eigenvalue weighted by Gasteiger charge is -2.34. The molecule has 2 aliphatic heterocycles. The van der Waals surface area contributed by atoms with Crippen molar-refractivity contribution in [1.29, 1.82) is 0 Å². The minimum atomic E-state index is -4.36. The molecule has 0 unspecified atom stereocenters. The molecule has 0 aromatic heterocycles. The van der Waals surface area contributed by atoms with Crippen molar-refractivity contribution < 1.29 is 23.0 Å². The molecule has 1 saturated heterocycles. The topological polar surface area (TPSA) is 35.9 Å². The van der Waals surface area contributed by atoms with Crippen LogP contribution in [0.25, 0.3) is 5.57 Å². The predicted octanol–water partition coefficient (Wildman–Crippen LogP) is 5.04. The van der Waals surface area contributed by atoms with Gasteiger partial charge in [-0.1, -0.05) is 36.0 Å². The van der Waals surface area contributed by atoms with Crippen molar-refractivity contribution in [3.8, 4) is 0 Å². The van der Waals surface area contributed by atoms with Crippen LogP contribution >= 0.6 is 24.2 Å². The zero-order valence-corrected chi connectivity index (χ0v) is 20.5. The van der Waals surface area contributed by atoms with Crippen molar-refractivity contribution in [3.63, 3.8) is 0 Å². The third-order valence-electron chi connectivity index (χ3n) is 6.04. The van der Waals surface area contributed by atoms with Gasteiger partial charge in [0.05, 0.1) is 25.4 Å². The van der Waals surface area contributed by atoms with Gasteiger partial charge < -0.3 is 14.7 Å². The summed E-state index contributed by atoms with van der Waals surface area (Å²) in [5.41, 5.74) is 1.96. The van der Waals surface area contributed by atoms with E-state index in [2.05, 4.69) is 15.9 Å². The Morgan fingerprint density at radius 1 is 0.912 bits per heavy atom. The molecule has 0 aliphatic carbocycles. The largest absolute Gasteiger partial charge is 0.416 e. The van der Waals surface area contributed by atoms with E-state index in [4.69, 9.17) is 9.84 Å². The van der Waals surface area contributed by atoms with Gasteiger partial charge in [-0.05, 0) is 47.4 Å². The number of nitrogens with zero attached hydrogens (tertiary/aromatic N) is 2. The number of alkyl halides is 3. The van der Waals surface area contributed by atoms with E-state index >= 15 is 0 Å². The Balaban J connectivity index is 0.00000324. The molecule has 1 N–H and O–H groups in total. The van der Waals surface area contributed by atoms with Crippen LogP contribution in [0, 0.1) is 0 Å². The Morgan fingerprint density at radius 2 is 1.59 bits per heavy atom. The van der Waals surface area contributed by atoms with Crippen LogP contribution in [-0.2, 0) is 10.9 Å². The van der Waals surface area contributed by atoms with Crippen molar-refractivity contribution in [1.82, 2.24) is 9.80 Å². The lowest BCUT2D eigenvalue weighted by molar-refractivity contribution is -0.137. The molecule has 0 bridgehead atoms. The van der Waals surface area contributed by atoms with Crippen LogP contribution in [0.3, 0.4) is 0 Å². The molecule has 0 radical (unpaired) electrons. The van der Waals surface area contributed by atoms with Crippen LogP contribution in [0.5, 0.6) is 0 Å². The summed E-state index contributed by atoms with van der Waals surface area (Å²) >= 11 is 1.53. The van der Waals surface area contributed by atoms with E-state index in [1.165, 1.54) is 23.9 Å². The highest BCUT2D eigenvalue weighted by atomic mass is 35.5. The average Bonchev–Trinajstić information content (AvgIpc) is 2.81. The molecule has 4 nitrogen and oxygen atoms in total. The summed E-state index contributed by atoms with van der Waals surface area (Å²) in [5, 5.41) is 8.77. The minimum Gasteiger partial charge on any atom is -0.394 e. The standard InChI is InChI=1S/C25H29F3N2O2S.ClH/c26-25(27,28)19-7-8-24-22(18-19)20(21-4-1-2-6-23(21)33-24)5-3-9-29-10-12-30(13-11-29)14-16-32-17-15-31;/h1-2,4-8,18,31H,3,9-17H2;1H/b20-5+;. The van der Waals surface area contributed by atoms with Gasteiger partial charge >= 0.3 is 6.18 Å². The number of aliphatic hydroxyl groups is 1. The Bertz CT molecular complexity index is 979. The van der Waals surface area contributed by atoms with Gasteiger partial charge in [0.25, 0.3) is 0 Å². The SMILES string of the molecule is Cl.OCCOCCN1CCN(CC/C=C2\c3ccccc3Sc3ccc(C(F)(F)F)cc32)CC1. The second kappa shape index (κ2) is 12.4. The number of hydrogen-bond acceptors (Lipinski definition) is 5. The quantitative estimate of drug-likeness (QED) is 0.426. The average molecular weight is 515 g/mol. The number of fused-ring (bicyclic) bond motifs is 2. The number of hydrogen-bond donors (Lipinski definition) is 1. The molecule has 9 heteroatoms. The molecule has 2 aromatic rings. The third-order valence-corrected chi connectivity index (χ3v) is 7.19. The van der Waals surface area contributed by atoms with Gasteiger partial charge in [0.15, 0.2) is 0 Å². The number of rotatable bonds is 8. The molecule has 0 saturated carbocycles. The summed E-state index contributed by atoms with van der Waals surface area (Å²) in [4.78, 5) is 6.70. The number of halogens is 4. The molecule has 0 amide bonds. The maximum atomic E-state index is 13.4. The monoisotopic (exact) mass is 514 g/mol. The third kappa shape index (κ3) is 6.77. The summed E-state index contributed by atoms with van der Waals surface area (Å²) < 4.78 is 45.4. The number of benzene rings is 2. The molecule has 2 heterocycles. The van der Waals surface area contributed by atoms with Crippen LogP contribution in [0.4, 0.5) is 13.2 Å². The summed E-state index contributed by atoms with van der Waals surface area (Å²) in [6.45, 7) is 6.66. The van der Waals surface area contributed by atoms with E-state index in [0.29, 0.717) is 18.8 Å². The number of piperazine rings is 1. The van der Waals surface area contributed by atoms with Gasteiger partial charge in [0.1, 0.15) is 0 Å². The minimum absolute atomic E-state index is 0. The summed E-state index contributed by atoms with van der Waals surface area (Å²) in [6.07, 6.45) is -1.47. The van der Waals surface area contributed by atoms with Gasteiger partial charge in [-0.25, -0.2) is 0 Å². The van der Waals surface area contributed by atoms with Crippen molar-refractivity contribution in [2.45, 2.75) is 22.4 Å². The van der Waals surface area contributed by atoms with Crippen molar-refractivity contribution in [2.24, 2.45) is 0 Å². The first kappa shape index (κ1) is 27.0. The first-order chi connectivity index (χ1) is 16.0. The smallest absolute Gasteiger partial charge is 0.394 e. The number of aliphatic hydroxyl groups excluding tert-OH is 1. The van der Waals surface area contributed by atoms with Gasteiger partial charge in [-0.15, -0.1) is 12.4 Å². The lowest BCUT2D eigenvalue weighted by atomic mass is 9.94. The molecule has 2 aromatic carbocycles. The fraction of sp³-hybridized carbons (Fsp3) is 0.440. The molecule has 186 valence electrons. The molecule has 1 fully saturated rings. The van der Waals surface area contributed by atoms with Crippen LogP contribution < -0.4 is 0 Å². The normalized spacial score (nSPS) is 17.8. The van der Waals surface area contributed by atoms with Crippen LogP contribution in [0.15, 0.2) is 58.3 Å². The maximum absolute atomic E-state index is 13.4. The second-order valence-corrected chi connectivity index (χ2v) is 9.32. The molecule has 2 aliphatic rings. The summed E-state index contributed by atoms with van der Waals surface area (Å²) in [5.74, 6) is 0. The highest BCUT2D eigenvalue weighted by molar-refractivity contribution is 7.99. The zero-order chi connectivity index (χ0) is 23.3. The highest BCUT2D eigenvalue weighted by Crippen LogP contribution is 2.47. The Kier molecular flexibility index (Phi) is 9.88. The first-order valence-electron chi connectivity index (χ1n) is 11.3. The molecular weight excluding hydrogens is 485 g/mol. The van der Waals surface area contributed by atoms with E-state index in [1.807, 2.05) is 24.3 Å². The predicted molar refractivity (Wildman–Crippen MR) is 132 cm³/mol.